The summed E-state index contributed by atoms with van der Waals surface area (Å²) in [5.41, 5.74) is 5.79. The molecule has 22 heavy (non-hydrogen) atoms. The molecule has 7 heteroatoms. The molecule has 1 aromatic carbocycles. The van der Waals surface area contributed by atoms with Gasteiger partial charge in [-0.3, -0.25) is 14.9 Å². The SMILES string of the molecule is CN(C)C(=O)C1(Nc2cccc([N+](=O)[O-])c2)CCC(N)CC1. The smallest absolute Gasteiger partial charge is 0.271 e. The highest BCUT2D eigenvalue weighted by molar-refractivity contribution is 5.89. The molecule has 1 fully saturated rings. The van der Waals surface area contributed by atoms with Crippen LogP contribution in [0.25, 0.3) is 0 Å². The number of nitro groups is 1. The molecule has 0 atom stereocenters. The Morgan fingerprint density at radius 1 is 1.41 bits per heavy atom. The zero-order valence-corrected chi connectivity index (χ0v) is 12.9. The minimum atomic E-state index is -0.741. The third kappa shape index (κ3) is 3.36. The van der Waals surface area contributed by atoms with Gasteiger partial charge in [-0.15, -0.1) is 0 Å². The number of nitrogens with one attached hydrogen (secondary N) is 1. The lowest BCUT2D eigenvalue weighted by molar-refractivity contribution is -0.384. The molecule has 0 spiro atoms. The van der Waals surface area contributed by atoms with E-state index in [2.05, 4.69) is 5.32 Å². The molecule has 1 aliphatic carbocycles. The number of likely N-dealkylation sites (N-methyl/N-ethyl adjacent to an activating group) is 1. The van der Waals surface area contributed by atoms with Gasteiger partial charge in [0, 0.05) is 38.0 Å². The van der Waals surface area contributed by atoms with Gasteiger partial charge in [0.1, 0.15) is 5.54 Å². The van der Waals surface area contributed by atoms with E-state index in [1.807, 2.05) is 0 Å². The zero-order chi connectivity index (χ0) is 16.3. The lowest BCUT2D eigenvalue weighted by atomic mass is 9.78. The number of rotatable bonds is 4. The molecule has 1 aromatic rings. The molecule has 0 unspecified atom stereocenters. The highest BCUT2D eigenvalue weighted by Gasteiger charge is 2.42. The van der Waals surface area contributed by atoms with Crippen LogP contribution in [0.5, 0.6) is 0 Å². The van der Waals surface area contributed by atoms with Crippen LogP contribution in [0.15, 0.2) is 24.3 Å². The van der Waals surface area contributed by atoms with E-state index >= 15 is 0 Å². The fourth-order valence-electron chi connectivity index (χ4n) is 2.93. The summed E-state index contributed by atoms with van der Waals surface area (Å²) in [6.07, 6.45) is 2.74. The third-order valence-electron chi connectivity index (χ3n) is 4.14. The van der Waals surface area contributed by atoms with Crippen molar-refractivity contribution in [3.63, 3.8) is 0 Å². The largest absolute Gasteiger partial charge is 0.371 e. The topological polar surface area (TPSA) is 102 Å². The summed E-state index contributed by atoms with van der Waals surface area (Å²) >= 11 is 0. The molecule has 0 bridgehead atoms. The molecular weight excluding hydrogens is 284 g/mol. The van der Waals surface area contributed by atoms with Gasteiger partial charge >= 0.3 is 0 Å². The van der Waals surface area contributed by atoms with Gasteiger partial charge in [0.25, 0.3) is 5.69 Å². The molecule has 2 rings (SSSR count). The molecule has 0 saturated heterocycles. The molecule has 7 nitrogen and oxygen atoms in total. The number of nitrogens with two attached hydrogens (primary N) is 1. The average molecular weight is 306 g/mol. The summed E-state index contributed by atoms with van der Waals surface area (Å²) in [5, 5.41) is 14.1. The number of benzene rings is 1. The van der Waals surface area contributed by atoms with Crippen LogP contribution in [0.3, 0.4) is 0 Å². The first-order valence-corrected chi connectivity index (χ1v) is 7.34. The van der Waals surface area contributed by atoms with Crippen molar-refractivity contribution in [2.24, 2.45) is 5.73 Å². The van der Waals surface area contributed by atoms with Crippen LogP contribution in [0, 0.1) is 10.1 Å². The first-order chi connectivity index (χ1) is 10.3. The minimum absolute atomic E-state index is 0.00460. The normalized spacial score (nSPS) is 24.6. The standard InChI is InChI=1S/C15H22N4O3/c1-18(2)14(20)15(8-6-11(16)7-9-15)17-12-4-3-5-13(10-12)19(21)22/h3-5,10-11,17H,6-9,16H2,1-2H3. The number of nitro benzene ring substituents is 1. The van der Waals surface area contributed by atoms with E-state index in [9.17, 15) is 14.9 Å². The predicted molar refractivity (Wildman–Crippen MR) is 84.6 cm³/mol. The molecule has 1 saturated carbocycles. The van der Waals surface area contributed by atoms with Crippen molar-refractivity contribution in [2.45, 2.75) is 37.3 Å². The molecule has 1 amide bonds. The summed E-state index contributed by atoms with van der Waals surface area (Å²) in [6, 6.07) is 6.35. The number of hydrogen-bond donors (Lipinski definition) is 2. The van der Waals surface area contributed by atoms with Crippen LogP contribution in [-0.2, 0) is 4.79 Å². The second kappa shape index (κ2) is 6.31. The first-order valence-electron chi connectivity index (χ1n) is 7.34. The van der Waals surface area contributed by atoms with Crippen molar-refractivity contribution in [1.29, 1.82) is 0 Å². The van der Waals surface area contributed by atoms with E-state index in [0.717, 1.165) is 12.8 Å². The number of carbonyl (C=O) groups is 1. The Kier molecular flexibility index (Phi) is 4.65. The van der Waals surface area contributed by atoms with Gasteiger partial charge in [0.05, 0.1) is 4.92 Å². The van der Waals surface area contributed by atoms with Crippen LogP contribution in [0.4, 0.5) is 11.4 Å². The molecule has 1 aliphatic rings. The van der Waals surface area contributed by atoms with Crippen molar-refractivity contribution < 1.29 is 9.72 Å². The Morgan fingerprint density at radius 2 is 2.05 bits per heavy atom. The average Bonchev–Trinajstić information content (AvgIpc) is 2.49. The Morgan fingerprint density at radius 3 is 2.59 bits per heavy atom. The van der Waals surface area contributed by atoms with E-state index in [1.54, 1.807) is 31.1 Å². The maximum atomic E-state index is 12.6. The number of non-ortho nitro benzene ring substituents is 1. The van der Waals surface area contributed by atoms with Crippen molar-refractivity contribution in [3.05, 3.63) is 34.4 Å². The van der Waals surface area contributed by atoms with E-state index < -0.39 is 10.5 Å². The second-order valence-corrected chi connectivity index (χ2v) is 6.05. The second-order valence-electron chi connectivity index (χ2n) is 6.05. The van der Waals surface area contributed by atoms with Crippen LogP contribution in [-0.4, -0.2) is 41.4 Å². The van der Waals surface area contributed by atoms with E-state index in [1.165, 1.54) is 12.1 Å². The monoisotopic (exact) mass is 306 g/mol. The molecule has 120 valence electrons. The first kappa shape index (κ1) is 16.2. The number of carbonyl (C=O) groups excluding carboxylic acids is 1. The fraction of sp³-hybridized carbons (Fsp3) is 0.533. The van der Waals surface area contributed by atoms with E-state index in [-0.39, 0.29) is 17.6 Å². The maximum Gasteiger partial charge on any atom is 0.271 e. The highest BCUT2D eigenvalue weighted by atomic mass is 16.6. The quantitative estimate of drug-likeness (QED) is 0.651. The van der Waals surface area contributed by atoms with Crippen molar-refractivity contribution in [2.75, 3.05) is 19.4 Å². The summed E-state index contributed by atoms with van der Waals surface area (Å²) in [7, 11) is 3.43. The van der Waals surface area contributed by atoms with Gasteiger partial charge in [-0.05, 0) is 31.7 Å². The third-order valence-corrected chi connectivity index (χ3v) is 4.14. The Bertz CT molecular complexity index is 566. The molecule has 0 aliphatic heterocycles. The summed E-state index contributed by atoms with van der Waals surface area (Å²) < 4.78 is 0. The fourth-order valence-corrected chi connectivity index (χ4v) is 2.93. The van der Waals surface area contributed by atoms with Crippen LogP contribution >= 0.6 is 0 Å². The molecular formula is C15H22N4O3. The Balaban J connectivity index is 2.29. The Labute approximate surface area is 129 Å². The highest BCUT2D eigenvalue weighted by Crippen LogP contribution is 2.33. The van der Waals surface area contributed by atoms with Gasteiger partial charge in [0.2, 0.25) is 5.91 Å². The van der Waals surface area contributed by atoms with E-state index in [0.29, 0.717) is 18.5 Å². The van der Waals surface area contributed by atoms with Gasteiger partial charge in [0.15, 0.2) is 0 Å². The summed E-state index contributed by atoms with van der Waals surface area (Å²) in [4.78, 5) is 24.6. The lowest BCUT2D eigenvalue weighted by Gasteiger charge is -2.40. The van der Waals surface area contributed by atoms with Crippen molar-refractivity contribution in [3.8, 4) is 0 Å². The summed E-state index contributed by atoms with van der Waals surface area (Å²) in [6.45, 7) is 0. The minimum Gasteiger partial charge on any atom is -0.371 e. The van der Waals surface area contributed by atoms with Gasteiger partial charge < -0.3 is 16.0 Å². The van der Waals surface area contributed by atoms with Gasteiger partial charge in [-0.1, -0.05) is 6.07 Å². The number of amides is 1. The van der Waals surface area contributed by atoms with Crippen LogP contribution in [0.1, 0.15) is 25.7 Å². The van der Waals surface area contributed by atoms with E-state index in [4.69, 9.17) is 5.73 Å². The van der Waals surface area contributed by atoms with Crippen LogP contribution in [0.2, 0.25) is 0 Å². The number of anilines is 1. The zero-order valence-electron chi connectivity index (χ0n) is 12.9. The number of hydrogen-bond acceptors (Lipinski definition) is 5. The molecule has 0 aromatic heterocycles. The Hall–Kier alpha value is -2.15. The van der Waals surface area contributed by atoms with Crippen molar-refractivity contribution in [1.82, 2.24) is 4.90 Å². The van der Waals surface area contributed by atoms with Crippen LogP contribution < -0.4 is 11.1 Å². The van der Waals surface area contributed by atoms with Gasteiger partial charge in [-0.2, -0.15) is 0 Å². The molecule has 0 heterocycles. The maximum absolute atomic E-state index is 12.6. The van der Waals surface area contributed by atoms with Gasteiger partial charge in [-0.25, -0.2) is 0 Å². The molecule has 0 radical (unpaired) electrons. The molecule has 3 N–H and O–H groups in total. The summed E-state index contributed by atoms with van der Waals surface area (Å²) in [5.74, 6) is -0.0223. The predicted octanol–water partition coefficient (Wildman–Crippen LogP) is 1.73. The van der Waals surface area contributed by atoms with Crippen molar-refractivity contribution >= 4 is 17.3 Å². The lowest BCUT2D eigenvalue weighted by Crippen LogP contribution is -2.55. The number of nitrogens with zero attached hydrogens (tertiary/aromatic N) is 2.